The molecule has 0 aliphatic heterocycles. The number of nitrogens with one attached hydrogen (secondary N) is 2. The standard InChI is InChI=1S/C18H14ClN3O7S/c1-2-8-20-30(27,28)14-5-3-4-12(9-14)18(24)29-11-17(23)21-16-7-6-13(22(25)26)10-15(16)19/h1,3-7,9-10,20H,8,11H2,(H,21,23). The monoisotopic (exact) mass is 451 g/mol. The van der Waals surface area contributed by atoms with Crippen molar-refractivity contribution in [3.63, 3.8) is 0 Å². The number of rotatable bonds is 8. The minimum atomic E-state index is -3.91. The van der Waals surface area contributed by atoms with Crippen LogP contribution in [0.25, 0.3) is 0 Å². The fourth-order valence-electron chi connectivity index (χ4n) is 2.13. The van der Waals surface area contributed by atoms with Crippen molar-refractivity contribution in [3.05, 3.63) is 63.2 Å². The van der Waals surface area contributed by atoms with Crippen molar-refractivity contribution in [2.45, 2.75) is 4.90 Å². The third kappa shape index (κ3) is 6.02. The summed E-state index contributed by atoms with van der Waals surface area (Å²) in [5, 5.41) is 13.0. The highest BCUT2D eigenvalue weighted by Crippen LogP contribution is 2.26. The zero-order valence-corrected chi connectivity index (χ0v) is 16.7. The maximum absolute atomic E-state index is 12.1. The summed E-state index contributed by atoms with van der Waals surface area (Å²) in [4.78, 5) is 33.9. The Morgan fingerprint density at radius 1 is 1.23 bits per heavy atom. The van der Waals surface area contributed by atoms with Gasteiger partial charge in [0.25, 0.3) is 11.6 Å². The molecule has 2 aromatic carbocycles. The molecule has 0 fully saturated rings. The first-order valence-corrected chi connectivity index (χ1v) is 9.94. The van der Waals surface area contributed by atoms with Crippen LogP contribution in [0.3, 0.4) is 0 Å². The number of terminal acetylenes is 1. The number of halogens is 1. The second-order valence-electron chi connectivity index (χ2n) is 5.60. The zero-order chi connectivity index (χ0) is 22.3. The molecule has 0 atom stereocenters. The number of non-ortho nitro benzene ring substituents is 1. The molecule has 10 nitrogen and oxygen atoms in total. The maximum atomic E-state index is 12.1. The molecule has 1 amide bonds. The number of nitro groups is 1. The maximum Gasteiger partial charge on any atom is 0.338 e. The van der Waals surface area contributed by atoms with Crippen molar-refractivity contribution >= 4 is 44.9 Å². The van der Waals surface area contributed by atoms with Gasteiger partial charge in [0.15, 0.2) is 6.61 Å². The van der Waals surface area contributed by atoms with Gasteiger partial charge in [-0.1, -0.05) is 23.6 Å². The third-order valence-corrected chi connectivity index (χ3v) is 5.23. The predicted octanol–water partition coefficient (Wildman–Crippen LogP) is 1.96. The number of nitro benzene ring substituents is 1. The molecule has 2 rings (SSSR count). The molecule has 12 heteroatoms. The molecule has 0 aromatic heterocycles. The van der Waals surface area contributed by atoms with E-state index in [0.29, 0.717) is 0 Å². The van der Waals surface area contributed by atoms with Crippen molar-refractivity contribution in [2.24, 2.45) is 0 Å². The second-order valence-corrected chi connectivity index (χ2v) is 7.78. The lowest BCUT2D eigenvalue weighted by Gasteiger charge is -2.09. The minimum Gasteiger partial charge on any atom is -0.452 e. The van der Waals surface area contributed by atoms with Crippen molar-refractivity contribution in [2.75, 3.05) is 18.5 Å². The topological polar surface area (TPSA) is 145 Å². The highest BCUT2D eigenvalue weighted by atomic mass is 35.5. The lowest BCUT2D eigenvalue weighted by Crippen LogP contribution is -2.24. The van der Waals surface area contributed by atoms with Crippen LogP contribution in [0.15, 0.2) is 47.4 Å². The number of ether oxygens (including phenoxy) is 1. The summed E-state index contributed by atoms with van der Waals surface area (Å²) in [5.74, 6) is 0.440. The Kier molecular flexibility index (Phi) is 7.48. The van der Waals surface area contributed by atoms with Crippen molar-refractivity contribution in [1.29, 1.82) is 0 Å². The van der Waals surface area contributed by atoms with Crippen LogP contribution in [-0.4, -0.2) is 38.4 Å². The molecular weight excluding hydrogens is 438 g/mol. The molecule has 0 bridgehead atoms. The number of anilines is 1. The molecule has 0 aliphatic carbocycles. The van der Waals surface area contributed by atoms with Crippen molar-refractivity contribution in [1.82, 2.24) is 4.72 Å². The average Bonchev–Trinajstić information content (AvgIpc) is 2.72. The molecule has 0 saturated carbocycles. The molecule has 0 aliphatic rings. The molecule has 156 valence electrons. The average molecular weight is 452 g/mol. The number of sulfonamides is 1. The van der Waals surface area contributed by atoms with Gasteiger partial charge in [0.2, 0.25) is 10.0 Å². The van der Waals surface area contributed by atoms with Crippen LogP contribution < -0.4 is 10.0 Å². The van der Waals surface area contributed by atoms with Crippen molar-refractivity contribution in [3.8, 4) is 12.3 Å². The zero-order valence-electron chi connectivity index (χ0n) is 15.1. The van der Waals surface area contributed by atoms with Crippen LogP contribution in [0, 0.1) is 22.5 Å². The van der Waals surface area contributed by atoms with E-state index < -0.39 is 33.4 Å². The van der Waals surface area contributed by atoms with E-state index in [9.17, 15) is 28.1 Å². The van der Waals surface area contributed by atoms with Gasteiger partial charge in [-0.2, -0.15) is 4.72 Å². The van der Waals surface area contributed by atoms with Gasteiger partial charge in [0, 0.05) is 12.1 Å². The second kappa shape index (κ2) is 9.84. The molecule has 0 spiro atoms. The van der Waals surface area contributed by atoms with Gasteiger partial charge in [0.05, 0.1) is 32.6 Å². The van der Waals surface area contributed by atoms with Gasteiger partial charge in [-0.15, -0.1) is 6.42 Å². The summed E-state index contributed by atoms with van der Waals surface area (Å²) >= 11 is 5.87. The largest absolute Gasteiger partial charge is 0.452 e. The van der Waals surface area contributed by atoms with Crippen molar-refractivity contribution < 1.29 is 27.7 Å². The van der Waals surface area contributed by atoms with Gasteiger partial charge in [-0.25, -0.2) is 13.2 Å². The number of nitrogens with zero attached hydrogens (tertiary/aromatic N) is 1. The third-order valence-electron chi connectivity index (χ3n) is 3.52. The van der Waals surface area contributed by atoms with Crippen LogP contribution in [0.5, 0.6) is 0 Å². The highest BCUT2D eigenvalue weighted by Gasteiger charge is 2.17. The number of hydrogen-bond acceptors (Lipinski definition) is 7. The Balaban J connectivity index is 2.01. The molecule has 0 unspecified atom stereocenters. The summed E-state index contributed by atoms with van der Waals surface area (Å²) in [6.45, 7) is -0.916. The van der Waals surface area contributed by atoms with E-state index in [0.717, 1.165) is 18.2 Å². The minimum absolute atomic E-state index is 0.0683. The fourth-order valence-corrected chi connectivity index (χ4v) is 3.33. The normalized spacial score (nSPS) is 10.7. The molecule has 30 heavy (non-hydrogen) atoms. The van der Waals surface area contributed by atoms with Crippen LogP contribution in [0.1, 0.15) is 10.4 Å². The van der Waals surface area contributed by atoms with E-state index in [1.54, 1.807) is 0 Å². The van der Waals surface area contributed by atoms with Gasteiger partial charge in [-0.3, -0.25) is 14.9 Å². The van der Waals surface area contributed by atoms with Gasteiger partial charge >= 0.3 is 5.97 Å². The summed E-state index contributed by atoms with van der Waals surface area (Å²) in [6, 6.07) is 8.42. The number of amides is 1. The number of benzene rings is 2. The van der Waals surface area contributed by atoms with Gasteiger partial charge in [-0.05, 0) is 24.3 Å². The lowest BCUT2D eigenvalue weighted by atomic mass is 10.2. The van der Waals surface area contributed by atoms with E-state index in [1.807, 2.05) is 0 Å². The number of esters is 1. The Bertz CT molecular complexity index is 1140. The SMILES string of the molecule is C#CCNS(=O)(=O)c1cccc(C(=O)OCC(=O)Nc2ccc([N+](=O)[O-])cc2Cl)c1. The molecule has 0 saturated heterocycles. The summed E-state index contributed by atoms with van der Waals surface area (Å²) in [6.07, 6.45) is 5.02. The first-order chi connectivity index (χ1) is 14.1. The quantitative estimate of drug-likeness (QED) is 0.270. The molecule has 2 N–H and O–H groups in total. The number of carbonyl (C=O) groups is 2. The highest BCUT2D eigenvalue weighted by molar-refractivity contribution is 7.89. The first-order valence-electron chi connectivity index (χ1n) is 8.08. The smallest absolute Gasteiger partial charge is 0.338 e. The molecule has 0 radical (unpaired) electrons. The van der Waals surface area contributed by atoms with Crippen LogP contribution in [0.4, 0.5) is 11.4 Å². The Hall–Kier alpha value is -3.46. The van der Waals surface area contributed by atoms with E-state index in [-0.39, 0.29) is 33.4 Å². The van der Waals surface area contributed by atoms with Crippen LogP contribution in [0.2, 0.25) is 5.02 Å². The summed E-state index contributed by atoms with van der Waals surface area (Å²) in [5.41, 5.74) is -0.258. The van der Waals surface area contributed by atoms with Gasteiger partial charge < -0.3 is 10.1 Å². The summed E-state index contributed by atoms with van der Waals surface area (Å²) in [7, 11) is -3.91. The van der Waals surface area contributed by atoms with Crippen LogP contribution in [-0.2, 0) is 19.6 Å². The van der Waals surface area contributed by atoms with Gasteiger partial charge in [0.1, 0.15) is 0 Å². The molecular formula is C18H14ClN3O7S. The summed E-state index contributed by atoms with van der Waals surface area (Å²) < 4.78 is 31.1. The Labute approximate surface area is 176 Å². The predicted molar refractivity (Wildman–Crippen MR) is 107 cm³/mol. The van der Waals surface area contributed by atoms with E-state index in [2.05, 4.69) is 16.0 Å². The lowest BCUT2D eigenvalue weighted by molar-refractivity contribution is -0.384. The number of hydrogen-bond donors (Lipinski definition) is 2. The van der Waals surface area contributed by atoms with E-state index in [4.69, 9.17) is 22.8 Å². The first kappa shape index (κ1) is 22.8. The molecule has 2 aromatic rings. The number of carbonyl (C=O) groups excluding carboxylic acids is 2. The van der Waals surface area contributed by atoms with Crippen LogP contribution >= 0.6 is 11.6 Å². The Morgan fingerprint density at radius 3 is 2.60 bits per heavy atom. The van der Waals surface area contributed by atoms with E-state index in [1.165, 1.54) is 24.3 Å². The van der Waals surface area contributed by atoms with E-state index >= 15 is 0 Å². The fraction of sp³-hybridized carbons (Fsp3) is 0.111. The Morgan fingerprint density at radius 2 is 1.97 bits per heavy atom. The molecule has 0 heterocycles.